The zero-order valence-corrected chi connectivity index (χ0v) is 9.05. The molecule has 0 aromatic heterocycles. The van der Waals surface area contributed by atoms with Crippen molar-refractivity contribution in [2.75, 3.05) is 5.32 Å². The van der Waals surface area contributed by atoms with Gasteiger partial charge in [-0.3, -0.25) is 0 Å². The number of fused-ring (bicyclic) bond motifs is 2. The number of hydrogen-bond acceptors (Lipinski definition) is 1. The molecule has 0 saturated heterocycles. The Morgan fingerprint density at radius 3 is 2.62 bits per heavy atom. The van der Waals surface area contributed by atoms with E-state index in [2.05, 4.69) is 5.32 Å². The van der Waals surface area contributed by atoms with E-state index in [9.17, 15) is 8.78 Å². The normalized spacial score (nSPS) is 32.0. The zero-order chi connectivity index (χ0) is 11.1. The monoisotopic (exact) mass is 223 g/mol. The molecule has 2 aliphatic rings. The Balaban J connectivity index is 1.74. The Hall–Kier alpha value is -1.12. The fourth-order valence-electron chi connectivity index (χ4n) is 3.23. The van der Waals surface area contributed by atoms with Crippen molar-refractivity contribution in [1.29, 1.82) is 0 Å². The van der Waals surface area contributed by atoms with Crippen LogP contribution in [0.3, 0.4) is 0 Å². The molecule has 1 aromatic carbocycles. The van der Waals surface area contributed by atoms with Crippen molar-refractivity contribution >= 4 is 5.69 Å². The Morgan fingerprint density at radius 2 is 2.00 bits per heavy atom. The molecule has 1 nitrogen and oxygen atoms in total. The highest BCUT2D eigenvalue weighted by Gasteiger charge is 2.39. The van der Waals surface area contributed by atoms with Crippen molar-refractivity contribution < 1.29 is 8.78 Å². The van der Waals surface area contributed by atoms with Crippen molar-refractivity contribution in [2.45, 2.75) is 31.7 Å². The smallest absolute Gasteiger partial charge is 0.149 e. The first-order chi connectivity index (χ1) is 7.72. The van der Waals surface area contributed by atoms with E-state index >= 15 is 0 Å². The summed E-state index contributed by atoms with van der Waals surface area (Å²) >= 11 is 0. The minimum absolute atomic E-state index is 0.388. The largest absolute Gasteiger partial charge is 0.380 e. The molecule has 3 heteroatoms. The van der Waals surface area contributed by atoms with Gasteiger partial charge in [0.05, 0.1) is 5.69 Å². The first-order valence-corrected chi connectivity index (χ1v) is 5.94. The third-order valence-corrected chi connectivity index (χ3v) is 4.01. The van der Waals surface area contributed by atoms with E-state index in [1.54, 1.807) is 0 Å². The van der Waals surface area contributed by atoms with Crippen LogP contribution in [0.1, 0.15) is 25.7 Å². The number of hydrogen-bond donors (Lipinski definition) is 1. The quantitative estimate of drug-likeness (QED) is 0.808. The Morgan fingerprint density at radius 1 is 1.12 bits per heavy atom. The molecule has 0 amide bonds. The fourth-order valence-corrected chi connectivity index (χ4v) is 3.23. The van der Waals surface area contributed by atoms with Crippen molar-refractivity contribution in [3.05, 3.63) is 29.8 Å². The van der Waals surface area contributed by atoms with Crippen molar-refractivity contribution in [1.82, 2.24) is 0 Å². The molecular weight excluding hydrogens is 208 g/mol. The molecule has 2 bridgehead atoms. The summed E-state index contributed by atoms with van der Waals surface area (Å²) < 4.78 is 26.2. The predicted octanol–water partition coefficient (Wildman–Crippen LogP) is 3.57. The van der Waals surface area contributed by atoms with Crippen LogP contribution in [0.25, 0.3) is 0 Å². The molecule has 0 aliphatic heterocycles. The molecular formula is C13H15F2N. The van der Waals surface area contributed by atoms with E-state index in [1.807, 2.05) is 0 Å². The van der Waals surface area contributed by atoms with E-state index in [0.717, 1.165) is 18.4 Å². The topological polar surface area (TPSA) is 12.0 Å². The molecule has 3 rings (SSSR count). The summed E-state index contributed by atoms with van der Waals surface area (Å²) in [6, 6.07) is 4.13. The van der Waals surface area contributed by atoms with Gasteiger partial charge in [-0.05, 0) is 43.2 Å². The fraction of sp³-hybridized carbons (Fsp3) is 0.538. The van der Waals surface area contributed by atoms with Gasteiger partial charge in [0.25, 0.3) is 0 Å². The van der Waals surface area contributed by atoms with E-state index in [1.165, 1.54) is 31.4 Å². The van der Waals surface area contributed by atoms with Gasteiger partial charge in [0.2, 0.25) is 0 Å². The minimum atomic E-state index is -0.518. The number of nitrogens with one attached hydrogen (secondary N) is 1. The van der Waals surface area contributed by atoms with Crippen LogP contribution in [0, 0.1) is 23.5 Å². The molecule has 0 heterocycles. The first kappa shape index (κ1) is 10.1. The molecule has 1 aromatic rings. The SMILES string of the molecule is Fc1ccc(NC2CC3CCC2C3)c(F)c1. The Labute approximate surface area is 93.9 Å². The predicted molar refractivity (Wildman–Crippen MR) is 59.2 cm³/mol. The van der Waals surface area contributed by atoms with Gasteiger partial charge in [-0.2, -0.15) is 0 Å². The molecule has 3 unspecified atom stereocenters. The summed E-state index contributed by atoms with van der Waals surface area (Å²) in [4.78, 5) is 0. The third-order valence-electron chi connectivity index (χ3n) is 4.01. The van der Waals surface area contributed by atoms with Crippen LogP contribution >= 0.6 is 0 Å². The molecule has 2 saturated carbocycles. The van der Waals surface area contributed by atoms with Crippen LogP contribution in [0.4, 0.5) is 14.5 Å². The average molecular weight is 223 g/mol. The number of anilines is 1. The van der Waals surface area contributed by atoms with Crippen molar-refractivity contribution in [3.63, 3.8) is 0 Å². The van der Waals surface area contributed by atoms with Crippen molar-refractivity contribution in [3.8, 4) is 0 Å². The van der Waals surface area contributed by atoms with Gasteiger partial charge in [-0.15, -0.1) is 0 Å². The highest BCUT2D eigenvalue weighted by Crippen LogP contribution is 2.45. The maximum absolute atomic E-state index is 13.4. The zero-order valence-electron chi connectivity index (χ0n) is 9.05. The van der Waals surface area contributed by atoms with Crippen LogP contribution in [0.2, 0.25) is 0 Å². The van der Waals surface area contributed by atoms with E-state index < -0.39 is 11.6 Å². The molecule has 2 fully saturated rings. The van der Waals surface area contributed by atoms with Gasteiger partial charge in [0.15, 0.2) is 0 Å². The minimum Gasteiger partial charge on any atom is -0.380 e. The van der Waals surface area contributed by atoms with Gasteiger partial charge in [0.1, 0.15) is 11.6 Å². The molecule has 2 aliphatic carbocycles. The van der Waals surface area contributed by atoms with E-state index in [0.29, 0.717) is 17.6 Å². The van der Waals surface area contributed by atoms with E-state index in [4.69, 9.17) is 0 Å². The standard InChI is InChI=1S/C13H15F2N/c14-10-3-4-12(11(15)7-10)16-13-6-8-1-2-9(13)5-8/h3-4,7-9,13,16H,1-2,5-6H2. The van der Waals surface area contributed by atoms with Crippen molar-refractivity contribution in [2.24, 2.45) is 11.8 Å². The van der Waals surface area contributed by atoms with Crippen LogP contribution in [-0.2, 0) is 0 Å². The van der Waals surface area contributed by atoms with Gasteiger partial charge >= 0.3 is 0 Å². The van der Waals surface area contributed by atoms with Crippen LogP contribution in [0.5, 0.6) is 0 Å². The average Bonchev–Trinajstić information content (AvgIpc) is 2.84. The summed E-state index contributed by atoms with van der Waals surface area (Å²) in [6.45, 7) is 0. The molecule has 16 heavy (non-hydrogen) atoms. The number of halogens is 2. The van der Waals surface area contributed by atoms with Crippen LogP contribution in [0.15, 0.2) is 18.2 Å². The molecule has 1 N–H and O–H groups in total. The lowest BCUT2D eigenvalue weighted by Crippen LogP contribution is -2.26. The summed E-state index contributed by atoms with van der Waals surface area (Å²) in [6.07, 6.45) is 5.00. The van der Waals surface area contributed by atoms with Gasteiger partial charge in [0, 0.05) is 12.1 Å². The molecule has 0 radical (unpaired) electrons. The highest BCUT2D eigenvalue weighted by atomic mass is 19.1. The summed E-state index contributed by atoms with van der Waals surface area (Å²) in [5, 5.41) is 3.23. The Bertz CT molecular complexity index is 405. The molecule has 3 atom stereocenters. The summed E-state index contributed by atoms with van der Waals surface area (Å²) in [7, 11) is 0. The van der Waals surface area contributed by atoms with Gasteiger partial charge in [-0.25, -0.2) is 8.78 Å². The van der Waals surface area contributed by atoms with Gasteiger partial charge < -0.3 is 5.32 Å². The molecule has 86 valence electrons. The molecule has 0 spiro atoms. The maximum atomic E-state index is 13.4. The summed E-state index contributed by atoms with van der Waals surface area (Å²) in [5.74, 6) is 0.513. The summed E-state index contributed by atoms with van der Waals surface area (Å²) in [5.41, 5.74) is 0.443. The third kappa shape index (κ3) is 1.68. The second-order valence-corrected chi connectivity index (χ2v) is 5.05. The second kappa shape index (κ2) is 3.72. The van der Waals surface area contributed by atoms with Crippen LogP contribution < -0.4 is 5.32 Å². The van der Waals surface area contributed by atoms with Gasteiger partial charge in [-0.1, -0.05) is 6.42 Å². The second-order valence-electron chi connectivity index (χ2n) is 5.05. The maximum Gasteiger partial charge on any atom is 0.149 e. The number of rotatable bonds is 2. The number of benzene rings is 1. The van der Waals surface area contributed by atoms with E-state index in [-0.39, 0.29) is 0 Å². The lowest BCUT2D eigenvalue weighted by Gasteiger charge is -2.24. The highest BCUT2D eigenvalue weighted by molar-refractivity contribution is 5.46. The lowest BCUT2D eigenvalue weighted by molar-refractivity contribution is 0.438. The Kier molecular flexibility index (Phi) is 2.34. The first-order valence-electron chi connectivity index (χ1n) is 5.94. The lowest BCUT2D eigenvalue weighted by atomic mass is 9.95. The van der Waals surface area contributed by atoms with Crippen LogP contribution in [-0.4, -0.2) is 6.04 Å².